The molecule has 1 amide bonds. The van der Waals surface area contributed by atoms with Crippen molar-refractivity contribution in [2.75, 3.05) is 28.3 Å². The van der Waals surface area contributed by atoms with Crippen molar-refractivity contribution in [1.82, 2.24) is 4.90 Å². The predicted octanol–water partition coefficient (Wildman–Crippen LogP) is 2.93. The molecule has 0 saturated heterocycles. The maximum atomic E-state index is 14.3. The average Bonchev–Trinajstić information content (AvgIpc) is 3.02. The number of Topliss-reactive ketones (excluding diaryl/α,β-unsaturated/α-hetero) is 2. The number of nitrogens with zero attached hydrogens (tertiary/aromatic N) is 1. The second-order valence-electron chi connectivity index (χ2n) is 14.0. The van der Waals surface area contributed by atoms with Crippen molar-refractivity contribution in [3.8, 4) is 5.75 Å². The number of benzene rings is 1. The fourth-order valence-corrected chi connectivity index (χ4v) is 8.00. The summed E-state index contributed by atoms with van der Waals surface area (Å²) in [5.74, 6) is -7.71. The van der Waals surface area contributed by atoms with Crippen molar-refractivity contribution in [3.05, 3.63) is 45.2 Å². The van der Waals surface area contributed by atoms with Crippen molar-refractivity contribution in [3.63, 3.8) is 0 Å². The molecule has 1 aromatic carbocycles. The van der Waals surface area contributed by atoms with Crippen LogP contribution in [0.5, 0.6) is 5.75 Å². The van der Waals surface area contributed by atoms with Gasteiger partial charge in [-0.2, -0.15) is 0 Å². The fraction of sp³-hybridized carbons (Fsp3) is 0.583. The average molecular weight is 685 g/mol. The molecule has 3 aliphatic carbocycles. The van der Waals surface area contributed by atoms with Crippen LogP contribution in [0.2, 0.25) is 0 Å². The summed E-state index contributed by atoms with van der Waals surface area (Å²) >= 11 is 0. The van der Waals surface area contributed by atoms with Crippen LogP contribution in [0, 0.1) is 17.8 Å². The van der Waals surface area contributed by atoms with Crippen molar-refractivity contribution < 1.29 is 53.9 Å². The van der Waals surface area contributed by atoms with E-state index in [1.54, 1.807) is 14.1 Å². The van der Waals surface area contributed by atoms with Crippen LogP contribution < -0.4 is 5.73 Å². The lowest BCUT2D eigenvalue weighted by Crippen LogP contribution is -2.65. The first kappa shape index (κ1) is 37.6. The number of fused-ring (bicyclic) bond motifs is 3. The summed E-state index contributed by atoms with van der Waals surface area (Å²) in [6.45, 7) is 3.94. The Morgan fingerprint density at radius 2 is 1.59 bits per heavy atom. The Morgan fingerprint density at radius 3 is 2.08 bits per heavy atom. The molecule has 13 heteroatoms. The summed E-state index contributed by atoms with van der Waals surface area (Å²) < 4.78 is 9.55. The zero-order valence-electron chi connectivity index (χ0n) is 29.0. The van der Waals surface area contributed by atoms with Gasteiger partial charge in [0.15, 0.2) is 11.4 Å². The third-order valence-electron chi connectivity index (χ3n) is 10.4. The number of primary amides is 1. The number of amides is 1. The number of aliphatic hydroxyl groups excluding tert-OH is 2. The van der Waals surface area contributed by atoms with Crippen LogP contribution in [0.25, 0.3) is 5.76 Å². The molecular formula is C36H48N2O11. The number of hydrogen-bond donors (Lipinski definition) is 5. The Hall–Kier alpha value is -4.23. The van der Waals surface area contributed by atoms with Gasteiger partial charge in [-0.1, -0.05) is 19.9 Å². The molecule has 1 fully saturated rings. The molecule has 0 aromatic heterocycles. The molecule has 0 bridgehead atoms. The third-order valence-corrected chi connectivity index (χ3v) is 10.4. The lowest BCUT2D eigenvalue weighted by molar-refractivity contribution is -0.153. The predicted molar refractivity (Wildman–Crippen MR) is 177 cm³/mol. The number of carbonyl (C=O) groups excluding carboxylic acids is 5. The number of ether oxygens (including phenoxy) is 2. The molecule has 1 saturated carbocycles. The topological polar surface area (TPSA) is 214 Å². The zero-order valence-corrected chi connectivity index (χ0v) is 29.0. The maximum absolute atomic E-state index is 14.3. The monoisotopic (exact) mass is 684 g/mol. The van der Waals surface area contributed by atoms with Gasteiger partial charge in [0, 0.05) is 24.3 Å². The molecule has 4 rings (SSSR count). The first-order chi connectivity index (χ1) is 23.0. The van der Waals surface area contributed by atoms with Crippen LogP contribution in [0.15, 0.2) is 23.0 Å². The van der Waals surface area contributed by atoms with E-state index in [9.17, 15) is 44.4 Å². The minimum absolute atomic E-state index is 0.00821. The Balaban J connectivity index is 1.82. The van der Waals surface area contributed by atoms with E-state index < -0.39 is 58.0 Å². The minimum atomic E-state index is -2.72. The van der Waals surface area contributed by atoms with Crippen LogP contribution >= 0.6 is 0 Å². The molecule has 268 valence electrons. The smallest absolute Gasteiger partial charge is 0.305 e. The summed E-state index contributed by atoms with van der Waals surface area (Å²) in [6.07, 6.45) is 3.18. The first-order valence-corrected chi connectivity index (χ1v) is 16.7. The number of likely N-dealkylation sites (N-methyl/N-ethyl adjacent to an activating group) is 1. The number of aliphatic hydroxyl groups is 3. The van der Waals surface area contributed by atoms with E-state index in [4.69, 9.17) is 15.2 Å². The van der Waals surface area contributed by atoms with Gasteiger partial charge in [-0.3, -0.25) is 28.9 Å². The van der Waals surface area contributed by atoms with Gasteiger partial charge in [-0.25, -0.2) is 0 Å². The molecule has 3 aliphatic rings. The molecule has 0 aliphatic heterocycles. The lowest BCUT2D eigenvalue weighted by Gasteiger charge is -2.50. The Morgan fingerprint density at radius 1 is 1.02 bits per heavy atom. The highest BCUT2D eigenvalue weighted by Gasteiger charge is 2.64. The quantitative estimate of drug-likeness (QED) is 0.150. The van der Waals surface area contributed by atoms with Gasteiger partial charge < -0.3 is 35.6 Å². The van der Waals surface area contributed by atoms with Gasteiger partial charge in [-0.15, -0.1) is 0 Å². The van der Waals surface area contributed by atoms with E-state index in [0.29, 0.717) is 43.2 Å². The maximum Gasteiger partial charge on any atom is 0.305 e. The van der Waals surface area contributed by atoms with Crippen molar-refractivity contribution in [1.29, 1.82) is 0 Å². The first-order valence-electron chi connectivity index (χ1n) is 16.7. The van der Waals surface area contributed by atoms with Gasteiger partial charge in [0.05, 0.1) is 25.8 Å². The van der Waals surface area contributed by atoms with Crippen LogP contribution in [0.3, 0.4) is 0 Å². The molecule has 0 unspecified atom stereocenters. The normalized spacial score (nSPS) is 23.5. The highest BCUT2D eigenvalue weighted by Crippen LogP contribution is 2.54. The van der Waals surface area contributed by atoms with E-state index in [1.165, 1.54) is 19.1 Å². The summed E-state index contributed by atoms with van der Waals surface area (Å²) in [7, 11) is 5.75. The lowest BCUT2D eigenvalue weighted by atomic mass is 9.57. The van der Waals surface area contributed by atoms with Gasteiger partial charge in [0.1, 0.15) is 22.8 Å². The number of carbonyl (C=O) groups is 5. The van der Waals surface area contributed by atoms with Crippen molar-refractivity contribution >= 4 is 35.2 Å². The molecule has 0 radical (unpaired) electrons. The largest absolute Gasteiger partial charge is 0.508 e. The fourth-order valence-electron chi connectivity index (χ4n) is 8.00. The number of aromatic hydroxyl groups is 1. The highest BCUT2D eigenvalue weighted by molar-refractivity contribution is 6.24. The molecule has 1 aromatic rings. The minimum Gasteiger partial charge on any atom is -0.508 e. The number of esters is 2. The number of ketones is 2. The number of hydrogen-bond acceptors (Lipinski definition) is 12. The van der Waals surface area contributed by atoms with E-state index >= 15 is 0 Å². The summed E-state index contributed by atoms with van der Waals surface area (Å²) in [5.41, 5.74) is 3.67. The zero-order chi connectivity index (χ0) is 36.5. The highest BCUT2D eigenvalue weighted by atomic mass is 16.5. The summed E-state index contributed by atoms with van der Waals surface area (Å²) in [5, 5.41) is 46.7. The second-order valence-corrected chi connectivity index (χ2v) is 14.0. The molecule has 0 heterocycles. The molecule has 49 heavy (non-hydrogen) atoms. The van der Waals surface area contributed by atoms with Gasteiger partial charge in [0.2, 0.25) is 5.78 Å². The molecule has 6 N–H and O–H groups in total. The van der Waals surface area contributed by atoms with E-state index in [2.05, 4.69) is 0 Å². The van der Waals surface area contributed by atoms with E-state index in [1.807, 2.05) is 19.9 Å². The molecule has 4 atom stereocenters. The van der Waals surface area contributed by atoms with E-state index in [0.717, 1.165) is 5.56 Å². The Bertz CT molecular complexity index is 1590. The number of phenolic OH excluding ortho intramolecular Hbond substituents is 1. The van der Waals surface area contributed by atoms with Gasteiger partial charge in [0.25, 0.3) is 5.91 Å². The van der Waals surface area contributed by atoms with Crippen LogP contribution in [0.1, 0.15) is 87.0 Å². The standard InChI is InChI=1S/C36H48N2O11/c1-17(2)21-15-20(13-18(9-7-11-24(39)48-5)10-8-12-25(40)49-6)30(41)27-22(21)14-19-16-23-29(38(3)4)32(43)28(35(37)46)34(45)36(23,47)33(44)26(19)31(27)42/h15,17-19,23,29,41-42,45,47H,7-14,16H2,1-6H3,(H2,37,46)/t19-,23-,29-,36-/m0/s1. The Kier molecular flexibility index (Phi) is 11.3. The van der Waals surface area contributed by atoms with E-state index in [-0.39, 0.29) is 66.3 Å². The summed E-state index contributed by atoms with van der Waals surface area (Å²) in [4.78, 5) is 65.0. The van der Waals surface area contributed by atoms with Crippen LogP contribution in [-0.4, -0.2) is 94.7 Å². The molecule has 13 nitrogen and oxygen atoms in total. The number of rotatable bonds is 13. The number of phenols is 1. The van der Waals surface area contributed by atoms with Crippen molar-refractivity contribution in [2.24, 2.45) is 23.5 Å². The second kappa shape index (κ2) is 14.7. The third kappa shape index (κ3) is 6.83. The summed E-state index contributed by atoms with van der Waals surface area (Å²) in [6, 6.07) is 0.736. The number of methoxy groups -OCH3 is 2. The SMILES string of the molecule is COC(=O)CCCC(CCCC(=O)OC)Cc1cc(C(C)C)c2c(c1O)C(O)=C1C(=O)[C@]3(O)C(O)=C(C(N)=O)C(=O)[C@@H](N(C)C)[C@@H]3C[C@@H]1C2. The van der Waals surface area contributed by atoms with Crippen LogP contribution in [-0.2, 0) is 46.3 Å². The van der Waals surface area contributed by atoms with Crippen molar-refractivity contribution in [2.45, 2.75) is 89.2 Å². The molecular weight excluding hydrogens is 636 g/mol. The van der Waals surface area contributed by atoms with Gasteiger partial charge >= 0.3 is 11.9 Å². The number of nitrogens with two attached hydrogens (primary N) is 1. The molecule has 0 spiro atoms. The van der Waals surface area contributed by atoms with Gasteiger partial charge in [-0.05, 0) is 93.5 Å². The van der Waals surface area contributed by atoms with Crippen LogP contribution in [0.4, 0.5) is 0 Å². The Labute approximate surface area is 285 Å².